The third kappa shape index (κ3) is 2.77. The number of halogens is 1. The van der Waals surface area contributed by atoms with Crippen molar-refractivity contribution in [3.63, 3.8) is 0 Å². The maximum absolute atomic E-state index is 13.8. The lowest BCUT2D eigenvalue weighted by atomic mass is 9.82. The fourth-order valence-corrected chi connectivity index (χ4v) is 3.30. The molecule has 2 heterocycles. The number of aromatic nitrogens is 2. The van der Waals surface area contributed by atoms with Gasteiger partial charge in [-0.1, -0.05) is 6.92 Å². The highest BCUT2D eigenvalue weighted by atomic mass is 19.1. The van der Waals surface area contributed by atoms with Crippen LogP contribution in [-0.4, -0.2) is 21.9 Å². The van der Waals surface area contributed by atoms with Crippen LogP contribution < -0.4 is 15.9 Å². The predicted octanol–water partition coefficient (Wildman–Crippen LogP) is 2.45. The highest BCUT2D eigenvalue weighted by Gasteiger charge is 2.38. The number of rotatable bonds is 2. The molecule has 0 bridgehead atoms. The zero-order valence-electron chi connectivity index (χ0n) is 13.7. The van der Waals surface area contributed by atoms with Crippen LogP contribution >= 0.6 is 0 Å². The lowest BCUT2D eigenvalue weighted by Gasteiger charge is -2.44. The number of nitrogens with zero attached hydrogens (tertiary/aromatic N) is 2. The maximum atomic E-state index is 13.8. The summed E-state index contributed by atoms with van der Waals surface area (Å²) in [5.41, 5.74) is 0.915. The van der Waals surface area contributed by atoms with E-state index in [4.69, 9.17) is 0 Å². The van der Waals surface area contributed by atoms with E-state index < -0.39 is 5.69 Å². The Balaban J connectivity index is 2.08. The molecule has 0 saturated carbocycles. The third-order valence-corrected chi connectivity index (χ3v) is 4.60. The molecule has 0 aliphatic carbocycles. The molecule has 0 saturated heterocycles. The molecule has 3 rings (SSSR count). The molecule has 3 atom stereocenters. The topological polar surface area (TPSA) is 78.1 Å². The normalized spacial score (nSPS) is 22.8. The average molecular weight is 330 g/mol. The van der Waals surface area contributed by atoms with Crippen LogP contribution in [0.25, 0.3) is 0 Å². The molecule has 24 heavy (non-hydrogen) atoms. The summed E-state index contributed by atoms with van der Waals surface area (Å²) in [7, 11) is 0. The van der Waals surface area contributed by atoms with Gasteiger partial charge in [-0.15, -0.1) is 0 Å². The molecular formula is C17H19FN4O2. The van der Waals surface area contributed by atoms with Crippen LogP contribution in [0.1, 0.15) is 32.4 Å². The molecular weight excluding hydrogens is 311 g/mol. The van der Waals surface area contributed by atoms with E-state index >= 15 is 0 Å². The summed E-state index contributed by atoms with van der Waals surface area (Å²) in [5, 5.41) is 3.24. The Morgan fingerprint density at radius 1 is 1.33 bits per heavy atom. The van der Waals surface area contributed by atoms with Gasteiger partial charge in [0.25, 0.3) is 0 Å². The van der Waals surface area contributed by atoms with E-state index in [1.807, 2.05) is 13.8 Å². The Hall–Kier alpha value is -2.70. The monoisotopic (exact) mass is 330 g/mol. The van der Waals surface area contributed by atoms with Crippen LogP contribution in [-0.2, 0) is 4.79 Å². The molecule has 1 aliphatic heterocycles. The quantitative estimate of drug-likeness (QED) is 0.886. The summed E-state index contributed by atoms with van der Waals surface area (Å²) in [6.45, 7) is 5.46. The highest BCUT2D eigenvalue weighted by Crippen LogP contribution is 2.42. The number of anilines is 2. The summed E-state index contributed by atoms with van der Waals surface area (Å²) >= 11 is 0. The zero-order chi connectivity index (χ0) is 17.4. The first-order valence-corrected chi connectivity index (χ1v) is 7.79. The number of hydrogen-bond acceptors (Lipinski definition) is 4. The summed E-state index contributed by atoms with van der Waals surface area (Å²) in [5.74, 6) is 0.0532. The molecule has 1 aliphatic rings. The van der Waals surface area contributed by atoms with Gasteiger partial charge in [0.15, 0.2) is 0 Å². The van der Waals surface area contributed by atoms with Gasteiger partial charge in [-0.3, -0.25) is 9.78 Å². The number of amides is 1. The van der Waals surface area contributed by atoms with Crippen LogP contribution in [0.5, 0.6) is 0 Å². The van der Waals surface area contributed by atoms with Crippen molar-refractivity contribution in [3.05, 3.63) is 52.3 Å². The van der Waals surface area contributed by atoms with Crippen molar-refractivity contribution in [2.45, 2.75) is 32.9 Å². The van der Waals surface area contributed by atoms with Crippen molar-refractivity contribution >= 4 is 17.4 Å². The second-order valence-electron chi connectivity index (χ2n) is 6.10. The summed E-state index contributed by atoms with van der Waals surface area (Å²) < 4.78 is 13.8. The van der Waals surface area contributed by atoms with E-state index in [0.717, 1.165) is 0 Å². The molecule has 6 nitrogen and oxygen atoms in total. The van der Waals surface area contributed by atoms with Crippen LogP contribution in [0.4, 0.5) is 15.9 Å². The Kier molecular flexibility index (Phi) is 4.09. The van der Waals surface area contributed by atoms with Gasteiger partial charge in [-0.2, -0.15) is 0 Å². The molecule has 0 radical (unpaired) electrons. The first-order chi connectivity index (χ1) is 11.4. The highest BCUT2D eigenvalue weighted by molar-refractivity contribution is 5.93. The second-order valence-corrected chi connectivity index (χ2v) is 6.10. The van der Waals surface area contributed by atoms with Gasteiger partial charge in [0.05, 0.1) is 6.04 Å². The minimum atomic E-state index is -0.457. The number of hydrogen-bond donors (Lipinski definition) is 2. The van der Waals surface area contributed by atoms with Gasteiger partial charge in [0.1, 0.15) is 11.6 Å². The van der Waals surface area contributed by atoms with Crippen LogP contribution in [0.3, 0.4) is 0 Å². The molecule has 1 amide bonds. The smallest absolute Gasteiger partial charge is 0.346 e. The van der Waals surface area contributed by atoms with E-state index in [2.05, 4.69) is 15.3 Å². The van der Waals surface area contributed by atoms with Crippen molar-refractivity contribution in [1.82, 2.24) is 9.97 Å². The molecule has 0 fully saturated rings. The summed E-state index contributed by atoms with van der Waals surface area (Å²) in [6, 6.07) is 5.73. The Bertz CT molecular complexity index is 835. The SMILES string of the molecule is CC(=O)N1c2ccc(F)cc2C(Nc2ccnc(=O)[nH]2)C(C)C1C. The van der Waals surface area contributed by atoms with Crippen molar-refractivity contribution in [3.8, 4) is 0 Å². The lowest BCUT2D eigenvalue weighted by molar-refractivity contribution is -0.117. The Morgan fingerprint density at radius 3 is 2.75 bits per heavy atom. The fraction of sp³-hybridized carbons (Fsp3) is 0.353. The zero-order valence-corrected chi connectivity index (χ0v) is 13.7. The van der Waals surface area contributed by atoms with E-state index in [0.29, 0.717) is 17.1 Å². The molecule has 3 unspecified atom stereocenters. The number of carbonyl (C=O) groups is 1. The van der Waals surface area contributed by atoms with Crippen molar-refractivity contribution in [2.24, 2.45) is 5.92 Å². The van der Waals surface area contributed by atoms with Crippen molar-refractivity contribution in [2.75, 3.05) is 10.2 Å². The first kappa shape index (κ1) is 16.2. The second kappa shape index (κ2) is 6.07. The van der Waals surface area contributed by atoms with Gasteiger partial charge < -0.3 is 10.2 Å². The number of aromatic amines is 1. The van der Waals surface area contributed by atoms with E-state index in [9.17, 15) is 14.0 Å². The predicted molar refractivity (Wildman–Crippen MR) is 89.4 cm³/mol. The van der Waals surface area contributed by atoms with E-state index in [-0.39, 0.29) is 29.7 Å². The van der Waals surface area contributed by atoms with E-state index in [1.54, 1.807) is 17.0 Å². The third-order valence-electron chi connectivity index (χ3n) is 4.60. The van der Waals surface area contributed by atoms with Crippen molar-refractivity contribution < 1.29 is 9.18 Å². The van der Waals surface area contributed by atoms with Gasteiger partial charge in [0.2, 0.25) is 5.91 Å². The van der Waals surface area contributed by atoms with Crippen LogP contribution in [0, 0.1) is 11.7 Å². The summed E-state index contributed by atoms with van der Waals surface area (Å²) in [4.78, 5) is 31.4. The molecule has 7 heteroatoms. The molecule has 1 aromatic carbocycles. The van der Waals surface area contributed by atoms with Gasteiger partial charge in [0, 0.05) is 36.3 Å². The number of benzene rings is 1. The number of nitrogens with one attached hydrogen (secondary N) is 2. The molecule has 0 spiro atoms. The van der Waals surface area contributed by atoms with Gasteiger partial charge in [-0.05, 0) is 31.2 Å². The molecule has 126 valence electrons. The van der Waals surface area contributed by atoms with Gasteiger partial charge >= 0.3 is 5.69 Å². The number of H-pyrrole nitrogens is 1. The number of fused-ring (bicyclic) bond motifs is 1. The summed E-state index contributed by atoms with van der Waals surface area (Å²) in [6.07, 6.45) is 1.41. The Labute approximate surface area is 138 Å². The van der Waals surface area contributed by atoms with E-state index in [1.165, 1.54) is 25.3 Å². The van der Waals surface area contributed by atoms with Crippen LogP contribution in [0.2, 0.25) is 0 Å². The first-order valence-electron chi connectivity index (χ1n) is 7.79. The molecule has 1 aromatic heterocycles. The van der Waals surface area contributed by atoms with Gasteiger partial charge in [-0.25, -0.2) is 14.2 Å². The average Bonchev–Trinajstić information content (AvgIpc) is 2.52. The lowest BCUT2D eigenvalue weighted by Crippen LogP contribution is -2.48. The van der Waals surface area contributed by atoms with Crippen LogP contribution in [0.15, 0.2) is 35.3 Å². The Morgan fingerprint density at radius 2 is 2.08 bits per heavy atom. The minimum Gasteiger partial charge on any atom is -0.364 e. The standard InChI is InChI=1S/C17H19FN4O2/c1-9-10(2)22(11(3)23)14-5-4-12(18)8-13(14)16(9)20-15-6-7-19-17(24)21-15/h4-10,16H,1-3H3,(H2,19,20,21,24). The molecule has 2 N–H and O–H groups in total. The number of carbonyl (C=O) groups excluding carboxylic acids is 1. The fourth-order valence-electron chi connectivity index (χ4n) is 3.30. The molecule has 2 aromatic rings. The minimum absolute atomic E-state index is 0.000123. The largest absolute Gasteiger partial charge is 0.364 e. The van der Waals surface area contributed by atoms with Crippen molar-refractivity contribution in [1.29, 1.82) is 0 Å². The maximum Gasteiger partial charge on any atom is 0.346 e.